The van der Waals surface area contributed by atoms with E-state index in [0.29, 0.717) is 6.54 Å². The summed E-state index contributed by atoms with van der Waals surface area (Å²) in [6.45, 7) is 2.55. The summed E-state index contributed by atoms with van der Waals surface area (Å²) >= 11 is 1.64. The maximum absolute atomic E-state index is 14.0. The second kappa shape index (κ2) is 11.1. The SMILES string of the molecule is CN[C@H](C)C(=O)N[C@@H](C(=O)N1CCC[C@@H]1c1nc(-c2cccc3ccccc23)cs1)C1CCCCC1. The quantitative estimate of drug-likeness (QED) is 0.458. The van der Waals surface area contributed by atoms with Crippen molar-refractivity contribution >= 4 is 33.9 Å². The van der Waals surface area contributed by atoms with Crippen molar-refractivity contribution in [3.63, 3.8) is 0 Å². The molecule has 7 heteroatoms. The second-order valence-electron chi connectivity index (χ2n) is 10.2. The van der Waals surface area contributed by atoms with Crippen molar-refractivity contribution in [2.75, 3.05) is 13.6 Å². The van der Waals surface area contributed by atoms with E-state index < -0.39 is 6.04 Å². The topological polar surface area (TPSA) is 74.3 Å². The predicted octanol–water partition coefficient (Wildman–Crippen LogP) is 5.30. The van der Waals surface area contributed by atoms with Crippen molar-refractivity contribution < 1.29 is 9.59 Å². The summed E-state index contributed by atoms with van der Waals surface area (Å²) in [6.07, 6.45) is 7.30. The third-order valence-electron chi connectivity index (χ3n) is 7.92. The molecule has 0 unspecified atom stereocenters. The van der Waals surface area contributed by atoms with Gasteiger partial charge in [-0.3, -0.25) is 9.59 Å². The molecule has 6 nitrogen and oxygen atoms in total. The summed E-state index contributed by atoms with van der Waals surface area (Å²) in [6, 6.07) is 13.9. The van der Waals surface area contributed by atoms with Crippen LogP contribution in [-0.2, 0) is 9.59 Å². The van der Waals surface area contributed by atoms with Crippen LogP contribution in [0.15, 0.2) is 47.8 Å². The fourth-order valence-electron chi connectivity index (χ4n) is 5.74. The summed E-state index contributed by atoms with van der Waals surface area (Å²) in [5.41, 5.74) is 2.09. The van der Waals surface area contributed by atoms with E-state index in [4.69, 9.17) is 4.98 Å². The summed E-state index contributed by atoms with van der Waals surface area (Å²) in [5, 5.41) is 11.6. The molecule has 2 fully saturated rings. The van der Waals surface area contributed by atoms with Gasteiger partial charge in [0.1, 0.15) is 11.0 Å². The number of rotatable bonds is 7. The molecule has 1 saturated heterocycles. The molecule has 1 aliphatic carbocycles. The number of thiazole rings is 1. The second-order valence-corrected chi connectivity index (χ2v) is 11.1. The Bertz CT molecular complexity index is 1210. The number of fused-ring (bicyclic) bond motifs is 1. The van der Waals surface area contributed by atoms with E-state index in [0.717, 1.165) is 54.8 Å². The lowest BCUT2D eigenvalue weighted by Crippen LogP contribution is -2.55. The van der Waals surface area contributed by atoms with E-state index in [1.54, 1.807) is 18.4 Å². The third-order valence-corrected chi connectivity index (χ3v) is 8.87. The van der Waals surface area contributed by atoms with Crippen molar-refractivity contribution in [3.05, 3.63) is 52.9 Å². The van der Waals surface area contributed by atoms with Crippen LogP contribution in [0.25, 0.3) is 22.0 Å². The van der Waals surface area contributed by atoms with E-state index in [1.165, 1.54) is 17.2 Å². The van der Waals surface area contributed by atoms with Crippen LogP contribution < -0.4 is 10.6 Å². The van der Waals surface area contributed by atoms with Gasteiger partial charge in [-0.25, -0.2) is 4.98 Å². The summed E-state index contributed by atoms with van der Waals surface area (Å²) < 4.78 is 0. The zero-order chi connectivity index (χ0) is 25.1. The van der Waals surface area contributed by atoms with E-state index in [9.17, 15) is 9.59 Å². The van der Waals surface area contributed by atoms with Crippen molar-refractivity contribution in [1.82, 2.24) is 20.5 Å². The minimum atomic E-state index is -0.466. The van der Waals surface area contributed by atoms with E-state index in [1.807, 2.05) is 11.8 Å². The molecule has 3 atom stereocenters. The predicted molar refractivity (Wildman–Crippen MR) is 146 cm³/mol. The van der Waals surface area contributed by atoms with Crippen LogP contribution in [0.2, 0.25) is 0 Å². The Hall–Kier alpha value is -2.77. The molecular weight excluding hydrogens is 468 g/mol. The number of hydrogen-bond donors (Lipinski definition) is 2. The monoisotopic (exact) mass is 504 g/mol. The van der Waals surface area contributed by atoms with Crippen molar-refractivity contribution in [2.45, 2.75) is 70.0 Å². The standard InChI is InChI=1S/C29H36N4O2S/c1-19(30-2)27(34)32-26(21-11-4-3-5-12-21)29(35)33-17-9-16-25(33)28-31-24(18-36-28)23-15-8-13-20-10-6-7-14-22(20)23/h6-8,10,13-15,18-19,21,25-26,30H,3-5,9,11-12,16-17H2,1-2H3,(H,32,34)/t19-,25-,26-/m1/s1. The minimum Gasteiger partial charge on any atom is -0.343 e. The van der Waals surface area contributed by atoms with Crippen LogP contribution in [0.5, 0.6) is 0 Å². The number of likely N-dealkylation sites (tertiary alicyclic amines) is 1. The Morgan fingerprint density at radius 1 is 1.03 bits per heavy atom. The number of carbonyl (C=O) groups is 2. The average Bonchev–Trinajstić information content (AvgIpc) is 3.61. The highest BCUT2D eigenvalue weighted by Crippen LogP contribution is 2.38. The van der Waals surface area contributed by atoms with Crippen molar-refractivity contribution in [1.29, 1.82) is 0 Å². The number of amides is 2. The van der Waals surface area contributed by atoms with Gasteiger partial charge in [0.15, 0.2) is 0 Å². The Labute approximate surface area is 217 Å². The number of likely N-dealkylation sites (N-methyl/N-ethyl adjacent to an activating group) is 1. The van der Waals surface area contributed by atoms with Gasteiger partial charge in [-0.15, -0.1) is 11.3 Å². The normalized spacial score (nSPS) is 20.4. The van der Waals surface area contributed by atoms with Crippen molar-refractivity contribution in [2.24, 2.45) is 5.92 Å². The van der Waals surface area contributed by atoms with Gasteiger partial charge in [-0.1, -0.05) is 61.7 Å². The van der Waals surface area contributed by atoms with Gasteiger partial charge < -0.3 is 15.5 Å². The average molecular weight is 505 g/mol. The van der Waals surface area contributed by atoms with Crippen LogP contribution in [0.1, 0.15) is 62.9 Å². The summed E-state index contributed by atoms with van der Waals surface area (Å²) in [5.74, 6) is 0.149. The highest BCUT2D eigenvalue weighted by atomic mass is 32.1. The molecule has 5 rings (SSSR count). The maximum Gasteiger partial charge on any atom is 0.246 e. The number of nitrogens with zero attached hydrogens (tertiary/aromatic N) is 2. The summed E-state index contributed by atoms with van der Waals surface area (Å²) in [4.78, 5) is 33.8. The van der Waals surface area contributed by atoms with E-state index in [-0.39, 0.29) is 29.8 Å². The van der Waals surface area contributed by atoms with Gasteiger partial charge in [0.05, 0.1) is 17.8 Å². The lowest BCUT2D eigenvalue weighted by atomic mass is 9.83. The number of aromatic nitrogens is 1. The molecule has 2 amide bonds. The van der Waals surface area contributed by atoms with Crippen molar-refractivity contribution in [3.8, 4) is 11.3 Å². The zero-order valence-electron chi connectivity index (χ0n) is 21.2. The molecule has 0 spiro atoms. The van der Waals surface area contributed by atoms with Crippen LogP contribution >= 0.6 is 11.3 Å². The highest BCUT2D eigenvalue weighted by molar-refractivity contribution is 7.10. The molecule has 2 heterocycles. The first-order chi connectivity index (χ1) is 17.6. The van der Waals surface area contributed by atoms with E-state index in [2.05, 4.69) is 58.5 Å². The Balaban J connectivity index is 1.40. The fraction of sp³-hybridized carbons (Fsp3) is 0.483. The lowest BCUT2D eigenvalue weighted by Gasteiger charge is -2.35. The first-order valence-electron chi connectivity index (χ1n) is 13.3. The number of hydrogen-bond acceptors (Lipinski definition) is 5. The first kappa shape index (κ1) is 24.9. The molecule has 0 bridgehead atoms. The third kappa shape index (κ3) is 5.04. The number of benzene rings is 2. The number of nitrogens with one attached hydrogen (secondary N) is 2. The molecule has 0 radical (unpaired) electrons. The Kier molecular flexibility index (Phi) is 7.67. The molecule has 3 aromatic rings. The van der Waals surface area contributed by atoms with Crippen LogP contribution in [-0.4, -0.2) is 47.4 Å². The highest BCUT2D eigenvalue weighted by Gasteiger charge is 2.40. The van der Waals surface area contributed by atoms with Crippen LogP contribution in [0.4, 0.5) is 0 Å². The van der Waals surface area contributed by atoms with Crippen LogP contribution in [0.3, 0.4) is 0 Å². The zero-order valence-corrected chi connectivity index (χ0v) is 22.0. The van der Waals surface area contributed by atoms with Gasteiger partial charge in [0.25, 0.3) is 0 Å². The Morgan fingerprint density at radius 2 is 1.81 bits per heavy atom. The molecule has 1 aromatic heterocycles. The smallest absolute Gasteiger partial charge is 0.246 e. The van der Waals surface area contributed by atoms with Gasteiger partial charge in [0, 0.05) is 17.5 Å². The Morgan fingerprint density at radius 3 is 2.61 bits per heavy atom. The molecule has 2 N–H and O–H groups in total. The first-order valence-corrected chi connectivity index (χ1v) is 14.2. The molecule has 2 aromatic carbocycles. The van der Waals surface area contributed by atoms with Crippen LogP contribution in [0, 0.1) is 5.92 Å². The van der Waals surface area contributed by atoms with Gasteiger partial charge in [0.2, 0.25) is 11.8 Å². The molecule has 2 aliphatic rings. The molecule has 1 aliphatic heterocycles. The lowest BCUT2D eigenvalue weighted by molar-refractivity contribution is -0.139. The molecular formula is C29H36N4O2S. The van der Waals surface area contributed by atoms with Gasteiger partial charge in [-0.05, 0) is 56.3 Å². The van der Waals surface area contributed by atoms with Gasteiger partial charge >= 0.3 is 0 Å². The largest absolute Gasteiger partial charge is 0.343 e. The maximum atomic E-state index is 14.0. The van der Waals surface area contributed by atoms with Gasteiger partial charge in [-0.2, -0.15) is 0 Å². The number of carbonyl (C=O) groups excluding carboxylic acids is 2. The van der Waals surface area contributed by atoms with E-state index >= 15 is 0 Å². The summed E-state index contributed by atoms with van der Waals surface area (Å²) in [7, 11) is 1.77. The molecule has 190 valence electrons. The minimum absolute atomic E-state index is 0.0315. The fourth-order valence-corrected chi connectivity index (χ4v) is 6.70. The molecule has 36 heavy (non-hydrogen) atoms. The molecule has 1 saturated carbocycles.